The Morgan fingerprint density at radius 2 is 2.18 bits per heavy atom. The molecule has 1 atom stereocenters. The highest BCUT2D eigenvalue weighted by Gasteiger charge is 2.09. The number of aryl methyl sites for hydroxylation is 1. The predicted octanol–water partition coefficient (Wildman–Crippen LogP) is 1.27. The lowest BCUT2D eigenvalue weighted by Gasteiger charge is -2.17. The van der Waals surface area contributed by atoms with E-state index in [4.69, 9.17) is 0 Å². The molecule has 0 aromatic carbocycles. The molecule has 0 bridgehead atoms. The summed E-state index contributed by atoms with van der Waals surface area (Å²) in [6.45, 7) is 7.17. The van der Waals surface area contributed by atoms with Crippen molar-refractivity contribution in [3.8, 4) is 0 Å². The third-order valence-electron chi connectivity index (χ3n) is 3.15. The normalized spacial score (nSPS) is 13.7. The van der Waals surface area contributed by atoms with Crippen molar-refractivity contribution in [2.24, 2.45) is 4.99 Å². The van der Waals surface area contributed by atoms with E-state index in [1.165, 1.54) is 6.26 Å². The first-order chi connectivity index (χ1) is 10.3. The van der Waals surface area contributed by atoms with Crippen molar-refractivity contribution < 1.29 is 8.42 Å². The zero-order valence-corrected chi connectivity index (χ0v) is 14.6. The molecule has 0 saturated heterocycles. The second-order valence-electron chi connectivity index (χ2n) is 5.43. The van der Waals surface area contributed by atoms with Gasteiger partial charge in [-0.25, -0.2) is 13.4 Å². The second-order valence-corrected chi connectivity index (χ2v) is 7.69. The van der Waals surface area contributed by atoms with Gasteiger partial charge in [-0.05, 0) is 38.8 Å². The molecule has 7 heteroatoms. The Bertz CT molecular complexity index is 599. The first-order valence-corrected chi connectivity index (χ1v) is 9.51. The average molecular weight is 326 g/mol. The van der Waals surface area contributed by atoms with Crippen molar-refractivity contribution >= 4 is 15.8 Å². The van der Waals surface area contributed by atoms with Crippen LogP contribution in [0.25, 0.3) is 0 Å². The van der Waals surface area contributed by atoms with Crippen LogP contribution in [-0.4, -0.2) is 44.0 Å². The van der Waals surface area contributed by atoms with Gasteiger partial charge in [-0.3, -0.25) is 4.98 Å². The molecule has 124 valence electrons. The molecular formula is C15H26N4O2S. The summed E-state index contributed by atoms with van der Waals surface area (Å²) >= 11 is 0. The number of nitrogens with zero attached hydrogens (tertiary/aromatic N) is 2. The van der Waals surface area contributed by atoms with Crippen LogP contribution in [-0.2, 0) is 16.4 Å². The van der Waals surface area contributed by atoms with Gasteiger partial charge >= 0.3 is 0 Å². The molecule has 6 nitrogen and oxygen atoms in total. The lowest BCUT2D eigenvalue weighted by molar-refractivity contribution is 0.581. The van der Waals surface area contributed by atoms with Crippen LogP contribution in [0.15, 0.2) is 23.3 Å². The first-order valence-electron chi connectivity index (χ1n) is 7.45. The fraction of sp³-hybridized carbons (Fsp3) is 0.600. The van der Waals surface area contributed by atoms with Gasteiger partial charge in [0.2, 0.25) is 0 Å². The van der Waals surface area contributed by atoms with Crippen LogP contribution in [0.1, 0.15) is 31.5 Å². The quantitative estimate of drug-likeness (QED) is 0.582. The van der Waals surface area contributed by atoms with Crippen LogP contribution in [0.3, 0.4) is 0 Å². The fourth-order valence-corrected chi connectivity index (χ4v) is 2.64. The van der Waals surface area contributed by atoms with Crippen molar-refractivity contribution in [3.05, 3.63) is 29.6 Å². The summed E-state index contributed by atoms with van der Waals surface area (Å²) in [5.41, 5.74) is 2.04. The zero-order chi connectivity index (χ0) is 16.6. The van der Waals surface area contributed by atoms with Gasteiger partial charge in [0.25, 0.3) is 0 Å². The Morgan fingerprint density at radius 1 is 1.45 bits per heavy atom. The molecule has 0 amide bonds. The highest BCUT2D eigenvalue weighted by Crippen LogP contribution is 2.04. The summed E-state index contributed by atoms with van der Waals surface area (Å²) in [6.07, 6.45) is 3.56. The Morgan fingerprint density at radius 3 is 2.77 bits per heavy atom. The van der Waals surface area contributed by atoms with Gasteiger partial charge in [-0.1, -0.05) is 6.07 Å². The molecule has 0 aliphatic rings. The summed E-state index contributed by atoms with van der Waals surface area (Å²) in [7, 11) is -2.94. The number of sulfone groups is 1. The van der Waals surface area contributed by atoms with Gasteiger partial charge < -0.3 is 10.6 Å². The number of guanidine groups is 1. The predicted molar refractivity (Wildman–Crippen MR) is 90.7 cm³/mol. The summed E-state index contributed by atoms with van der Waals surface area (Å²) in [5.74, 6) is 0.841. The largest absolute Gasteiger partial charge is 0.357 e. The molecule has 1 aromatic rings. The van der Waals surface area contributed by atoms with E-state index in [-0.39, 0.29) is 11.8 Å². The van der Waals surface area contributed by atoms with E-state index in [0.29, 0.717) is 18.9 Å². The van der Waals surface area contributed by atoms with Crippen molar-refractivity contribution in [2.45, 2.75) is 39.8 Å². The molecular weight excluding hydrogens is 300 g/mol. The highest BCUT2D eigenvalue weighted by molar-refractivity contribution is 7.90. The highest BCUT2D eigenvalue weighted by atomic mass is 32.2. The number of hydrogen-bond acceptors (Lipinski definition) is 4. The van der Waals surface area contributed by atoms with E-state index in [1.54, 1.807) is 6.20 Å². The van der Waals surface area contributed by atoms with Gasteiger partial charge in [0.15, 0.2) is 5.96 Å². The van der Waals surface area contributed by atoms with Crippen molar-refractivity contribution in [3.63, 3.8) is 0 Å². The van der Waals surface area contributed by atoms with Crippen LogP contribution in [0.4, 0.5) is 0 Å². The van der Waals surface area contributed by atoms with Gasteiger partial charge in [-0.2, -0.15) is 0 Å². The fourth-order valence-electron chi connectivity index (χ4n) is 1.85. The monoisotopic (exact) mass is 326 g/mol. The molecule has 0 spiro atoms. The van der Waals surface area contributed by atoms with Crippen molar-refractivity contribution in [2.75, 3.05) is 18.6 Å². The average Bonchev–Trinajstić information content (AvgIpc) is 2.43. The molecule has 1 rings (SSSR count). The second kappa shape index (κ2) is 8.73. The smallest absolute Gasteiger partial charge is 0.191 e. The number of pyridine rings is 1. The molecule has 0 radical (unpaired) electrons. The third-order valence-corrected chi connectivity index (χ3v) is 4.13. The number of hydrogen-bond donors (Lipinski definition) is 2. The number of aliphatic imine (C=N–C) groups is 1. The Labute approximate surface area is 133 Å². The van der Waals surface area contributed by atoms with Crippen LogP contribution in [0.2, 0.25) is 0 Å². The van der Waals surface area contributed by atoms with E-state index < -0.39 is 9.84 Å². The minimum atomic E-state index is -2.94. The Hall–Kier alpha value is -1.63. The number of aromatic nitrogens is 1. The van der Waals surface area contributed by atoms with E-state index >= 15 is 0 Å². The minimum Gasteiger partial charge on any atom is -0.357 e. The third kappa shape index (κ3) is 7.40. The summed E-state index contributed by atoms with van der Waals surface area (Å²) in [5, 5.41) is 6.39. The van der Waals surface area contributed by atoms with Gasteiger partial charge in [0, 0.05) is 25.0 Å². The van der Waals surface area contributed by atoms with Crippen molar-refractivity contribution in [1.82, 2.24) is 15.6 Å². The van der Waals surface area contributed by atoms with Crippen LogP contribution >= 0.6 is 0 Å². The Kier molecular flexibility index (Phi) is 7.31. The molecule has 2 N–H and O–H groups in total. The van der Waals surface area contributed by atoms with E-state index in [1.807, 2.05) is 32.9 Å². The molecule has 0 saturated carbocycles. The standard InChI is InChI=1S/C15H26N4O2S/c1-5-16-15(19-13(3)8-10-22(4,20)21)18-11-14-12(2)7-6-9-17-14/h6-7,9,13H,5,8,10-11H2,1-4H3,(H2,16,18,19). The lowest BCUT2D eigenvalue weighted by atomic mass is 10.2. The number of nitrogens with one attached hydrogen (secondary N) is 2. The maximum atomic E-state index is 11.2. The van der Waals surface area contributed by atoms with E-state index in [9.17, 15) is 8.42 Å². The maximum absolute atomic E-state index is 11.2. The number of rotatable bonds is 7. The maximum Gasteiger partial charge on any atom is 0.191 e. The molecule has 1 unspecified atom stereocenters. The van der Waals surface area contributed by atoms with Gasteiger partial charge in [0.05, 0.1) is 18.0 Å². The molecule has 0 aliphatic heterocycles. The van der Waals surface area contributed by atoms with Gasteiger partial charge in [0.1, 0.15) is 9.84 Å². The molecule has 0 aliphatic carbocycles. The minimum absolute atomic E-state index is 0.0253. The topological polar surface area (TPSA) is 83.4 Å². The summed E-state index contributed by atoms with van der Waals surface area (Å²) in [4.78, 5) is 8.83. The van der Waals surface area contributed by atoms with Crippen molar-refractivity contribution in [1.29, 1.82) is 0 Å². The van der Waals surface area contributed by atoms with Crippen LogP contribution < -0.4 is 10.6 Å². The van der Waals surface area contributed by atoms with E-state index in [2.05, 4.69) is 20.6 Å². The SMILES string of the molecule is CCNC(=NCc1ncccc1C)NC(C)CCS(C)(=O)=O. The summed E-state index contributed by atoms with van der Waals surface area (Å²) in [6, 6.07) is 3.93. The van der Waals surface area contributed by atoms with Crippen LogP contribution in [0, 0.1) is 6.92 Å². The lowest BCUT2D eigenvalue weighted by Crippen LogP contribution is -2.42. The Balaban J connectivity index is 2.64. The summed E-state index contributed by atoms with van der Waals surface area (Å²) < 4.78 is 22.4. The molecule has 22 heavy (non-hydrogen) atoms. The molecule has 1 heterocycles. The molecule has 1 aromatic heterocycles. The van der Waals surface area contributed by atoms with Crippen LogP contribution in [0.5, 0.6) is 0 Å². The van der Waals surface area contributed by atoms with Gasteiger partial charge in [-0.15, -0.1) is 0 Å². The zero-order valence-electron chi connectivity index (χ0n) is 13.8. The van der Waals surface area contributed by atoms with E-state index in [0.717, 1.165) is 17.8 Å². The molecule has 0 fully saturated rings. The first kappa shape index (κ1) is 18.4.